The van der Waals surface area contributed by atoms with Crippen LogP contribution in [0.25, 0.3) is 0 Å². The Morgan fingerprint density at radius 1 is 1.15 bits per heavy atom. The predicted molar refractivity (Wildman–Crippen MR) is 99.0 cm³/mol. The molecule has 1 aliphatic carbocycles. The summed E-state index contributed by atoms with van der Waals surface area (Å²) in [7, 11) is 0. The van der Waals surface area contributed by atoms with E-state index in [0.29, 0.717) is 23.4 Å². The predicted octanol–water partition coefficient (Wildman–Crippen LogP) is 2.23. The molecule has 0 spiro atoms. The quantitative estimate of drug-likeness (QED) is 0.836. The molecule has 1 N–H and O–H groups in total. The first-order valence-corrected chi connectivity index (χ1v) is 10.2. The highest BCUT2D eigenvalue weighted by Crippen LogP contribution is 2.48. The van der Waals surface area contributed by atoms with Gasteiger partial charge in [-0.1, -0.05) is 19.0 Å². The zero-order valence-corrected chi connectivity index (χ0v) is 16.2. The van der Waals surface area contributed by atoms with Crippen LogP contribution in [-0.2, 0) is 22.4 Å². The first-order valence-electron chi connectivity index (χ1n) is 10.2. The van der Waals surface area contributed by atoms with Crippen molar-refractivity contribution in [1.29, 1.82) is 0 Å². The molecule has 2 saturated heterocycles. The summed E-state index contributed by atoms with van der Waals surface area (Å²) in [6, 6.07) is 3.39. The molecular formula is C20H33N3O3. The normalized spacial score (nSPS) is 30.2. The van der Waals surface area contributed by atoms with Crippen molar-refractivity contribution < 1.29 is 14.0 Å². The Kier molecular flexibility index (Phi) is 5.64. The summed E-state index contributed by atoms with van der Waals surface area (Å²) in [5.41, 5.74) is 1.41. The standard InChI is InChI=1S/C20H33N3O3/c1-20(2)15(12-19(20)21-16-3-7-24-8-4-16)11-17-13-18(26-22-17)14-23-5-9-25-10-6-23/h13,15-16,19,21H,3-12,14H2,1-2H3/t15-,19+/m1/s1. The Hall–Kier alpha value is -0.950. The molecule has 3 heterocycles. The lowest BCUT2D eigenvalue weighted by Crippen LogP contribution is -2.60. The molecule has 0 radical (unpaired) electrons. The molecule has 0 bridgehead atoms. The Morgan fingerprint density at radius 2 is 1.88 bits per heavy atom. The van der Waals surface area contributed by atoms with Crippen LogP contribution < -0.4 is 5.32 Å². The van der Waals surface area contributed by atoms with Gasteiger partial charge in [-0.2, -0.15) is 0 Å². The number of nitrogens with one attached hydrogen (secondary N) is 1. The van der Waals surface area contributed by atoms with Crippen molar-refractivity contribution in [3.05, 3.63) is 17.5 Å². The van der Waals surface area contributed by atoms with Gasteiger partial charge >= 0.3 is 0 Å². The largest absolute Gasteiger partial charge is 0.381 e. The monoisotopic (exact) mass is 363 g/mol. The fraction of sp³-hybridized carbons (Fsp3) is 0.850. The Morgan fingerprint density at radius 3 is 2.62 bits per heavy atom. The lowest BCUT2D eigenvalue weighted by Gasteiger charge is -2.54. The van der Waals surface area contributed by atoms with Gasteiger partial charge in [-0.3, -0.25) is 4.90 Å². The van der Waals surface area contributed by atoms with E-state index in [-0.39, 0.29) is 0 Å². The molecule has 3 fully saturated rings. The minimum absolute atomic E-state index is 0.307. The summed E-state index contributed by atoms with van der Waals surface area (Å²) in [6.45, 7) is 11.0. The molecule has 3 aliphatic rings. The molecule has 6 heteroatoms. The third kappa shape index (κ3) is 4.14. The molecule has 6 nitrogen and oxygen atoms in total. The number of ether oxygens (including phenoxy) is 2. The smallest absolute Gasteiger partial charge is 0.150 e. The van der Waals surface area contributed by atoms with Crippen LogP contribution in [0.3, 0.4) is 0 Å². The highest BCUT2D eigenvalue weighted by molar-refractivity contribution is 5.11. The molecule has 0 aromatic carbocycles. The van der Waals surface area contributed by atoms with E-state index in [0.717, 1.165) is 76.8 Å². The Bertz CT molecular complexity index is 577. The SMILES string of the molecule is CC1(C)[C@H](Cc2cc(CN3CCOCC3)on2)C[C@@H]1NC1CCOCC1. The fourth-order valence-electron chi connectivity index (χ4n) is 4.55. The molecular weight excluding hydrogens is 330 g/mol. The third-order valence-electron chi connectivity index (χ3n) is 6.68. The maximum absolute atomic E-state index is 5.59. The molecule has 2 aliphatic heterocycles. The van der Waals surface area contributed by atoms with Crippen molar-refractivity contribution in [1.82, 2.24) is 15.4 Å². The molecule has 0 amide bonds. The van der Waals surface area contributed by atoms with E-state index in [9.17, 15) is 0 Å². The van der Waals surface area contributed by atoms with Crippen LogP contribution in [0.5, 0.6) is 0 Å². The lowest BCUT2D eigenvalue weighted by atomic mass is 9.57. The van der Waals surface area contributed by atoms with Crippen molar-refractivity contribution in [2.24, 2.45) is 11.3 Å². The second kappa shape index (κ2) is 7.97. The summed E-state index contributed by atoms with van der Waals surface area (Å²) in [5.74, 6) is 1.65. The fourth-order valence-corrected chi connectivity index (χ4v) is 4.55. The van der Waals surface area contributed by atoms with E-state index in [1.54, 1.807) is 0 Å². The van der Waals surface area contributed by atoms with Crippen molar-refractivity contribution in [2.75, 3.05) is 39.5 Å². The van der Waals surface area contributed by atoms with E-state index in [4.69, 9.17) is 14.0 Å². The molecule has 26 heavy (non-hydrogen) atoms. The van der Waals surface area contributed by atoms with E-state index >= 15 is 0 Å². The number of hydrogen-bond acceptors (Lipinski definition) is 6. The van der Waals surface area contributed by atoms with Gasteiger partial charge in [0.1, 0.15) is 0 Å². The van der Waals surface area contributed by atoms with Gasteiger partial charge in [0.15, 0.2) is 5.76 Å². The summed E-state index contributed by atoms with van der Waals surface area (Å²) < 4.78 is 16.5. The average molecular weight is 364 g/mol. The molecule has 1 aromatic rings. The zero-order chi connectivity index (χ0) is 18.0. The minimum atomic E-state index is 0.307. The average Bonchev–Trinajstić information content (AvgIpc) is 3.10. The highest BCUT2D eigenvalue weighted by atomic mass is 16.5. The molecule has 0 unspecified atom stereocenters. The van der Waals surface area contributed by atoms with Crippen LogP contribution >= 0.6 is 0 Å². The van der Waals surface area contributed by atoms with Gasteiger partial charge in [-0.05, 0) is 37.0 Å². The number of rotatable bonds is 6. The Balaban J connectivity index is 1.26. The lowest BCUT2D eigenvalue weighted by molar-refractivity contribution is -0.00758. The number of aromatic nitrogens is 1. The summed E-state index contributed by atoms with van der Waals surface area (Å²) in [6.07, 6.45) is 4.54. The number of morpholine rings is 1. The van der Waals surface area contributed by atoms with Crippen LogP contribution in [0.4, 0.5) is 0 Å². The number of hydrogen-bond donors (Lipinski definition) is 1. The van der Waals surface area contributed by atoms with Gasteiger partial charge in [-0.15, -0.1) is 0 Å². The summed E-state index contributed by atoms with van der Waals surface area (Å²) >= 11 is 0. The molecule has 1 saturated carbocycles. The van der Waals surface area contributed by atoms with Crippen molar-refractivity contribution >= 4 is 0 Å². The van der Waals surface area contributed by atoms with Gasteiger partial charge in [0.05, 0.1) is 25.5 Å². The summed E-state index contributed by atoms with van der Waals surface area (Å²) in [4.78, 5) is 2.37. The van der Waals surface area contributed by atoms with Crippen molar-refractivity contribution in [3.63, 3.8) is 0 Å². The van der Waals surface area contributed by atoms with Gasteiger partial charge in [0, 0.05) is 44.5 Å². The molecule has 2 atom stereocenters. The van der Waals surface area contributed by atoms with Gasteiger partial charge in [0.2, 0.25) is 0 Å². The van der Waals surface area contributed by atoms with Gasteiger partial charge in [-0.25, -0.2) is 0 Å². The first-order chi connectivity index (χ1) is 12.6. The van der Waals surface area contributed by atoms with Crippen LogP contribution in [0.2, 0.25) is 0 Å². The first kappa shape index (κ1) is 18.4. The summed E-state index contributed by atoms with van der Waals surface area (Å²) in [5, 5.41) is 8.22. The highest BCUT2D eigenvalue weighted by Gasteiger charge is 2.48. The van der Waals surface area contributed by atoms with E-state index < -0.39 is 0 Å². The third-order valence-corrected chi connectivity index (χ3v) is 6.68. The topological polar surface area (TPSA) is 59.8 Å². The van der Waals surface area contributed by atoms with Crippen LogP contribution in [0, 0.1) is 11.3 Å². The maximum atomic E-state index is 5.59. The second-order valence-corrected chi connectivity index (χ2v) is 8.74. The second-order valence-electron chi connectivity index (χ2n) is 8.74. The van der Waals surface area contributed by atoms with E-state index in [1.165, 1.54) is 6.42 Å². The van der Waals surface area contributed by atoms with Gasteiger partial charge in [0.25, 0.3) is 0 Å². The van der Waals surface area contributed by atoms with E-state index in [1.807, 2.05) is 0 Å². The minimum Gasteiger partial charge on any atom is -0.381 e. The van der Waals surface area contributed by atoms with Crippen molar-refractivity contribution in [2.45, 2.75) is 58.2 Å². The van der Waals surface area contributed by atoms with Crippen LogP contribution in [0.1, 0.15) is 44.6 Å². The van der Waals surface area contributed by atoms with E-state index in [2.05, 4.69) is 35.3 Å². The number of nitrogens with zero attached hydrogens (tertiary/aromatic N) is 2. The van der Waals surface area contributed by atoms with Gasteiger partial charge < -0.3 is 19.3 Å². The molecule has 1 aromatic heterocycles. The molecule has 146 valence electrons. The van der Waals surface area contributed by atoms with Crippen molar-refractivity contribution in [3.8, 4) is 0 Å². The Labute approximate surface area is 156 Å². The molecule has 4 rings (SSSR count). The van der Waals surface area contributed by atoms with Crippen LogP contribution in [-0.4, -0.2) is 61.7 Å². The zero-order valence-electron chi connectivity index (χ0n) is 16.2. The van der Waals surface area contributed by atoms with Crippen LogP contribution in [0.15, 0.2) is 10.6 Å². The maximum Gasteiger partial charge on any atom is 0.150 e.